The van der Waals surface area contributed by atoms with Gasteiger partial charge in [0.15, 0.2) is 0 Å². The van der Waals surface area contributed by atoms with E-state index in [1.807, 2.05) is 13.8 Å². The summed E-state index contributed by atoms with van der Waals surface area (Å²) in [6.45, 7) is 7.81. The lowest BCUT2D eigenvalue weighted by Crippen LogP contribution is -2.43. The highest BCUT2D eigenvalue weighted by Gasteiger charge is 2.15. The summed E-state index contributed by atoms with van der Waals surface area (Å²) in [6, 6.07) is 0.632. The maximum absolute atomic E-state index is 11.3. The van der Waals surface area contributed by atoms with Crippen LogP contribution in [0.25, 0.3) is 0 Å². The molecule has 1 heterocycles. The van der Waals surface area contributed by atoms with Gasteiger partial charge in [0.05, 0.1) is 0 Å². The van der Waals surface area contributed by atoms with Crippen molar-refractivity contribution in [2.75, 3.05) is 33.2 Å². The molecule has 0 atom stereocenters. The summed E-state index contributed by atoms with van der Waals surface area (Å²) in [5, 5.41) is 6.41. The largest absolute Gasteiger partial charge is 0.355 e. The second-order valence-corrected chi connectivity index (χ2v) is 4.98. The van der Waals surface area contributed by atoms with Gasteiger partial charge in [0.1, 0.15) is 0 Å². The summed E-state index contributed by atoms with van der Waals surface area (Å²) in [6.07, 6.45) is 2.43. The highest BCUT2D eigenvalue weighted by atomic mass is 16.1. The van der Waals surface area contributed by atoms with E-state index in [2.05, 4.69) is 22.6 Å². The van der Waals surface area contributed by atoms with Gasteiger partial charge in [0.25, 0.3) is 0 Å². The second-order valence-electron chi connectivity index (χ2n) is 4.98. The van der Waals surface area contributed by atoms with Crippen LogP contribution in [-0.4, -0.2) is 50.1 Å². The average Bonchev–Trinajstić information content (AvgIpc) is 2.26. The summed E-state index contributed by atoms with van der Waals surface area (Å²) in [4.78, 5) is 13.7. The fourth-order valence-electron chi connectivity index (χ4n) is 1.88. The number of hydrogen-bond donors (Lipinski definition) is 2. The molecule has 0 spiro atoms. The van der Waals surface area contributed by atoms with Gasteiger partial charge in [-0.25, -0.2) is 0 Å². The predicted molar refractivity (Wildman–Crippen MR) is 66.4 cm³/mol. The van der Waals surface area contributed by atoms with Gasteiger partial charge in [-0.1, -0.05) is 13.8 Å². The third kappa shape index (κ3) is 4.94. The van der Waals surface area contributed by atoms with Crippen LogP contribution in [0.2, 0.25) is 0 Å². The van der Waals surface area contributed by atoms with Crippen molar-refractivity contribution in [1.82, 2.24) is 15.5 Å². The number of amides is 1. The first-order chi connectivity index (χ1) is 7.59. The molecule has 1 saturated heterocycles. The molecule has 0 aromatic carbocycles. The van der Waals surface area contributed by atoms with E-state index < -0.39 is 0 Å². The van der Waals surface area contributed by atoms with Crippen molar-refractivity contribution >= 4 is 5.91 Å². The molecule has 1 amide bonds. The highest BCUT2D eigenvalue weighted by Crippen LogP contribution is 2.07. The molecule has 4 nitrogen and oxygen atoms in total. The van der Waals surface area contributed by atoms with Crippen molar-refractivity contribution in [1.29, 1.82) is 0 Å². The van der Waals surface area contributed by atoms with Gasteiger partial charge in [-0.15, -0.1) is 0 Å². The molecule has 1 fully saturated rings. The minimum atomic E-state index is 0.0864. The van der Waals surface area contributed by atoms with Gasteiger partial charge < -0.3 is 15.5 Å². The van der Waals surface area contributed by atoms with E-state index >= 15 is 0 Å². The van der Waals surface area contributed by atoms with Crippen LogP contribution in [0.1, 0.15) is 26.7 Å². The number of likely N-dealkylation sites (tertiary alicyclic amines) is 1. The Morgan fingerprint density at radius 3 is 2.50 bits per heavy atom. The van der Waals surface area contributed by atoms with Crippen molar-refractivity contribution < 1.29 is 4.79 Å². The zero-order chi connectivity index (χ0) is 12.0. The molecule has 94 valence electrons. The van der Waals surface area contributed by atoms with Crippen LogP contribution in [0.3, 0.4) is 0 Å². The number of hydrogen-bond acceptors (Lipinski definition) is 3. The zero-order valence-corrected chi connectivity index (χ0v) is 10.8. The van der Waals surface area contributed by atoms with Crippen LogP contribution in [0.4, 0.5) is 0 Å². The number of nitrogens with zero attached hydrogens (tertiary/aromatic N) is 1. The monoisotopic (exact) mass is 227 g/mol. The second kappa shape index (κ2) is 6.86. The summed E-state index contributed by atoms with van der Waals surface area (Å²) >= 11 is 0. The van der Waals surface area contributed by atoms with E-state index in [1.54, 1.807) is 0 Å². The number of carbonyl (C=O) groups excluding carboxylic acids is 1. The summed E-state index contributed by atoms with van der Waals surface area (Å²) in [5.41, 5.74) is 0. The maximum atomic E-state index is 11.3. The average molecular weight is 227 g/mol. The lowest BCUT2D eigenvalue weighted by atomic mass is 10.1. The number of carbonyl (C=O) groups is 1. The Hall–Kier alpha value is -0.610. The van der Waals surface area contributed by atoms with Crippen LogP contribution in [0, 0.1) is 5.92 Å². The molecule has 1 rings (SSSR count). The minimum absolute atomic E-state index is 0.0864. The molecule has 0 aromatic rings. The van der Waals surface area contributed by atoms with Gasteiger partial charge in [-0.2, -0.15) is 0 Å². The van der Waals surface area contributed by atoms with Crippen LogP contribution in [0.15, 0.2) is 0 Å². The quantitative estimate of drug-likeness (QED) is 0.670. The molecule has 0 unspecified atom stereocenters. The van der Waals surface area contributed by atoms with Crippen molar-refractivity contribution in [3.63, 3.8) is 0 Å². The Morgan fingerprint density at radius 1 is 1.31 bits per heavy atom. The Labute approximate surface area is 98.8 Å². The lowest BCUT2D eigenvalue weighted by molar-refractivity contribution is -0.123. The molecule has 0 radical (unpaired) electrons. The molecule has 0 aromatic heterocycles. The zero-order valence-electron chi connectivity index (χ0n) is 10.8. The van der Waals surface area contributed by atoms with Crippen LogP contribution in [0.5, 0.6) is 0 Å². The standard InChI is InChI=1S/C12H25N3O/c1-10(2)12(16)14-7-6-13-11-4-8-15(3)9-5-11/h10-11,13H,4-9H2,1-3H3,(H,14,16). The Kier molecular flexibility index (Phi) is 5.77. The molecule has 16 heavy (non-hydrogen) atoms. The van der Waals surface area contributed by atoms with Crippen LogP contribution in [-0.2, 0) is 4.79 Å². The molecule has 0 saturated carbocycles. The first-order valence-corrected chi connectivity index (χ1v) is 6.29. The summed E-state index contributed by atoms with van der Waals surface area (Å²) in [5.74, 6) is 0.230. The first kappa shape index (κ1) is 13.5. The van der Waals surface area contributed by atoms with Gasteiger partial charge >= 0.3 is 0 Å². The van der Waals surface area contributed by atoms with Crippen LogP contribution >= 0.6 is 0 Å². The fraction of sp³-hybridized carbons (Fsp3) is 0.917. The highest BCUT2D eigenvalue weighted by molar-refractivity contribution is 5.77. The lowest BCUT2D eigenvalue weighted by Gasteiger charge is -2.29. The molecular formula is C12H25N3O. The fourth-order valence-corrected chi connectivity index (χ4v) is 1.88. The van der Waals surface area contributed by atoms with E-state index in [0.717, 1.165) is 13.1 Å². The third-order valence-corrected chi connectivity index (χ3v) is 3.10. The van der Waals surface area contributed by atoms with Crippen molar-refractivity contribution in [3.05, 3.63) is 0 Å². The van der Waals surface area contributed by atoms with Crippen molar-refractivity contribution in [3.8, 4) is 0 Å². The Morgan fingerprint density at radius 2 is 1.94 bits per heavy atom. The van der Waals surface area contributed by atoms with E-state index in [-0.39, 0.29) is 11.8 Å². The normalized spacial score (nSPS) is 19.0. The topological polar surface area (TPSA) is 44.4 Å². The summed E-state index contributed by atoms with van der Waals surface area (Å²) < 4.78 is 0. The Bertz CT molecular complexity index is 210. The maximum Gasteiger partial charge on any atom is 0.222 e. The van der Waals surface area contributed by atoms with Crippen molar-refractivity contribution in [2.45, 2.75) is 32.7 Å². The molecule has 1 aliphatic rings. The number of piperidine rings is 1. The molecule has 4 heteroatoms. The third-order valence-electron chi connectivity index (χ3n) is 3.10. The van der Waals surface area contributed by atoms with Crippen molar-refractivity contribution in [2.24, 2.45) is 5.92 Å². The number of nitrogens with one attached hydrogen (secondary N) is 2. The SMILES string of the molecule is CC(C)C(=O)NCCNC1CCN(C)CC1. The first-order valence-electron chi connectivity index (χ1n) is 6.29. The molecule has 2 N–H and O–H groups in total. The molecule has 0 aliphatic carbocycles. The van der Waals surface area contributed by atoms with Gasteiger partial charge in [0, 0.05) is 25.0 Å². The predicted octanol–water partition coefficient (Wildman–Crippen LogP) is 0.442. The molecular weight excluding hydrogens is 202 g/mol. The molecule has 1 aliphatic heterocycles. The summed E-state index contributed by atoms with van der Waals surface area (Å²) in [7, 11) is 2.17. The van der Waals surface area contributed by atoms with E-state index in [4.69, 9.17) is 0 Å². The minimum Gasteiger partial charge on any atom is -0.355 e. The van der Waals surface area contributed by atoms with Crippen LogP contribution < -0.4 is 10.6 Å². The molecule has 0 bridgehead atoms. The van der Waals surface area contributed by atoms with E-state index in [0.29, 0.717) is 6.04 Å². The Balaban J connectivity index is 2.01. The van der Waals surface area contributed by atoms with E-state index in [9.17, 15) is 4.79 Å². The van der Waals surface area contributed by atoms with Gasteiger partial charge in [-0.05, 0) is 33.0 Å². The van der Waals surface area contributed by atoms with E-state index in [1.165, 1.54) is 25.9 Å². The smallest absolute Gasteiger partial charge is 0.222 e. The van der Waals surface area contributed by atoms with Gasteiger partial charge in [-0.3, -0.25) is 4.79 Å². The number of rotatable bonds is 5. The van der Waals surface area contributed by atoms with Gasteiger partial charge in [0.2, 0.25) is 5.91 Å².